The SMILES string of the molecule is Nc1n[nH]c2ccc(-c3nnn(Cc4ccccc4)c3-c3cccc(O)c3)cc12. The number of phenolic OH excluding ortho intramolecular Hbond substituents is 1. The van der Waals surface area contributed by atoms with Crippen molar-refractivity contribution in [3.8, 4) is 28.3 Å². The van der Waals surface area contributed by atoms with Crippen molar-refractivity contribution in [3.05, 3.63) is 78.4 Å². The van der Waals surface area contributed by atoms with E-state index in [0.717, 1.165) is 33.3 Å². The largest absolute Gasteiger partial charge is 0.508 e. The van der Waals surface area contributed by atoms with E-state index in [1.807, 2.05) is 65.3 Å². The van der Waals surface area contributed by atoms with Crippen molar-refractivity contribution in [2.75, 3.05) is 5.73 Å². The van der Waals surface area contributed by atoms with Crippen molar-refractivity contribution < 1.29 is 5.11 Å². The Hall–Kier alpha value is -4.13. The summed E-state index contributed by atoms with van der Waals surface area (Å²) in [5.74, 6) is 0.632. The Morgan fingerprint density at radius 2 is 1.79 bits per heavy atom. The molecule has 0 saturated heterocycles. The number of hydrogen-bond donors (Lipinski definition) is 3. The van der Waals surface area contributed by atoms with Gasteiger partial charge in [-0.05, 0) is 29.8 Å². The number of rotatable bonds is 4. The lowest BCUT2D eigenvalue weighted by atomic mass is 10.0. The smallest absolute Gasteiger partial charge is 0.153 e. The molecule has 0 amide bonds. The predicted molar refractivity (Wildman–Crippen MR) is 112 cm³/mol. The highest BCUT2D eigenvalue weighted by molar-refractivity contribution is 5.93. The van der Waals surface area contributed by atoms with Crippen LogP contribution in [0.15, 0.2) is 72.8 Å². The standard InChI is InChI=1S/C22H18N6O/c23-22-18-12-15(9-10-19(18)24-26-22)20-21(16-7-4-8-17(29)11-16)28(27-25-20)13-14-5-2-1-3-6-14/h1-12,29H,13H2,(H3,23,24,26). The zero-order valence-corrected chi connectivity index (χ0v) is 15.4. The van der Waals surface area contributed by atoms with Crippen LogP contribution in [0, 0.1) is 0 Å². The van der Waals surface area contributed by atoms with Gasteiger partial charge in [0.25, 0.3) is 0 Å². The molecule has 0 radical (unpaired) electrons. The number of anilines is 1. The molecule has 0 aliphatic carbocycles. The monoisotopic (exact) mass is 382 g/mol. The van der Waals surface area contributed by atoms with Gasteiger partial charge >= 0.3 is 0 Å². The van der Waals surface area contributed by atoms with Crippen molar-refractivity contribution in [1.82, 2.24) is 25.2 Å². The van der Waals surface area contributed by atoms with Crippen molar-refractivity contribution in [2.24, 2.45) is 0 Å². The van der Waals surface area contributed by atoms with Gasteiger partial charge in [0.2, 0.25) is 0 Å². The van der Waals surface area contributed by atoms with Crippen LogP contribution in [0.4, 0.5) is 5.82 Å². The summed E-state index contributed by atoms with van der Waals surface area (Å²) in [7, 11) is 0. The van der Waals surface area contributed by atoms with E-state index in [4.69, 9.17) is 5.73 Å². The van der Waals surface area contributed by atoms with Crippen LogP contribution in [0.25, 0.3) is 33.4 Å². The maximum atomic E-state index is 10.0. The highest BCUT2D eigenvalue weighted by atomic mass is 16.3. The van der Waals surface area contributed by atoms with E-state index in [9.17, 15) is 5.11 Å². The molecule has 5 rings (SSSR count). The molecule has 5 aromatic rings. The molecule has 0 atom stereocenters. The minimum absolute atomic E-state index is 0.190. The van der Waals surface area contributed by atoms with Gasteiger partial charge in [-0.1, -0.05) is 53.7 Å². The Balaban J connectivity index is 1.69. The summed E-state index contributed by atoms with van der Waals surface area (Å²) in [6, 6.07) is 23.0. The number of H-pyrrole nitrogens is 1. The third-order valence-electron chi connectivity index (χ3n) is 4.90. The second kappa shape index (κ2) is 6.79. The fourth-order valence-electron chi connectivity index (χ4n) is 3.50. The van der Waals surface area contributed by atoms with Gasteiger partial charge in [-0.25, -0.2) is 4.68 Å². The molecule has 29 heavy (non-hydrogen) atoms. The quantitative estimate of drug-likeness (QED) is 0.438. The van der Waals surface area contributed by atoms with Gasteiger partial charge in [0.05, 0.1) is 17.8 Å². The first-order valence-corrected chi connectivity index (χ1v) is 9.20. The highest BCUT2D eigenvalue weighted by Crippen LogP contribution is 2.34. The number of nitrogens with zero attached hydrogens (tertiary/aromatic N) is 4. The number of aromatic nitrogens is 5. The molecular weight excluding hydrogens is 364 g/mol. The number of nitrogens with two attached hydrogens (primary N) is 1. The summed E-state index contributed by atoms with van der Waals surface area (Å²) < 4.78 is 1.85. The fourth-order valence-corrected chi connectivity index (χ4v) is 3.50. The number of benzene rings is 3. The predicted octanol–water partition coefficient (Wildman–Crippen LogP) is 3.82. The first-order valence-electron chi connectivity index (χ1n) is 9.20. The summed E-state index contributed by atoms with van der Waals surface area (Å²) in [4.78, 5) is 0. The van der Waals surface area contributed by atoms with E-state index >= 15 is 0 Å². The Bertz CT molecular complexity index is 1310. The van der Waals surface area contributed by atoms with E-state index in [2.05, 4.69) is 20.5 Å². The van der Waals surface area contributed by atoms with Crippen LogP contribution < -0.4 is 5.73 Å². The molecule has 0 fully saturated rings. The molecule has 0 unspecified atom stereocenters. The lowest BCUT2D eigenvalue weighted by Gasteiger charge is -2.09. The van der Waals surface area contributed by atoms with Gasteiger partial charge in [-0.15, -0.1) is 5.10 Å². The third kappa shape index (κ3) is 3.08. The molecule has 0 spiro atoms. The van der Waals surface area contributed by atoms with Gasteiger partial charge in [-0.2, -0.15) is 5.10 Å². The van der Waals surface area contributed by atoms with E-state index in [1.165, 1.54) is 0 Å². The molecule has 0 aliphatic heterocycles. The van der Waals surface area contributed by atoms with Crippen LogP contribution in [0.2, 0.25) is 0 Å². The zero-order valence-electron chi connectivity index (χ0n) is 15.4. The lowest BCUT2D eigenvalue weighted by Crippen LogP contribution is -2.04. The van der Waals surface area contributed by atoms with Gasteiger partial charge < -0.3 is 10.8 Å². The van der Waals surface area contributed by atoms with Crippen molar-refractivity contribution >= 4 is 16.7 Å². The lowest BCUT2D eigenvalue weighted by molar-refractivity contribution is 0.475. The first-order chi connectivity index (χ1) is 14.2. The molecule has 0 bridgehead atoms. The number of nitrogen functional groups attached to an aromatic ring is 1. The fraction of sp³-hybridized carbons (Fsp3) is 0.0455. The second-order valence-electron chi connectivity index (χ2n) is 6.85. The van der Waals surface area contributed by atoms with E-state index in [-0.39, 0.29) is 5.75 Å². The summed E-state index contributed by atoms with van der Waals surface area (Å²) in [6.45, 7) is 0.564. The van der Waals surface area contributed by atoms with Crippen molar-refractivity contribution in [1.29, 1.82) is 0 Å². The Morgan fingerprint density at radius 1 is 0.931 bits per heavy atom. The van der Waals surface area contributed by atoms with Gasteiger partial charge in [0.15, 0.2) is 5.82 Å². The molecule has 2 heterocycles. The average Bonchev–Trinajstić information content (AvgIpc) is 3.32. The molecule has 0 saturated carbocycles. The van der Waals surface area contributed by atoms with Crippen LogP contribution >= 0.6 is 0 Å². The van der Waals surface area contributed by atoms with Crippen LogP contribution in [0.1, 0.15) is 5.56 Å². The second-order valence-corrected chi connectivity index (χ2v) is 6.85. The molecule has 4 N–H and O–H groups in total. The topological polar surface area (TPSA) is 106 Å². The van der Waals surface area contributed by atoms with Crippen molar-refractivity contribution in [3.63, 3.8) is 0 Å². The van der Waals surface area contributed by atoms with Gasteiger partial charge in [0.1, 0.15) is 11.4 Å². The maximum Gasteiger partial charge on any atom is 0.153 e. The zero-order chi connectivity index (χ0) is 19.8. The molecule has 0 aliphatic rings. The first kappa shape index (κ1) is 17.0. The molecule has 7 nitrogen and oxygen atoms in total. The van der Waals surface area contributed by atoms with Crippen LogP contribution in [0.5, 0.6) is 5.75 Å². The van der Waals surface area contributed by atoms with Crippen LogP contribution in [-0.4, -0.2) is 30.3 Å². The number of fused-ring (bicyclic) bond motifs is 1. The Kier molecular flexibility index (Phi) is 3.98. The number of aromatic hydroxyl groups is 1. The highest BCUT2D eigenvalue weighted by Gasteiger charge is 2.18. The minimum atomic E-state index is 0.190. The third-order valence-corrected chi connectivity index (χ3v) is 4.90. The molecular formula is C22H18N6O. The Morgan fingerprint density at radius 3 is 2.62 bits per heavy atom. The van der Waals surface area contributed by atoms with Crippen LogP contribution in [-0.2, 0) is 6.54 Å². The summed E-state index contributed by atoms with van der Waals surface area (Å²) >= 11 is 0. The molecule has 7 heteroatoms. The maximum absolute atomic E-state index is 10.0. The summed E-state index contributed by atoms with van der Waals surface area (Å²) in [5, 5.41) is 26.7. The van der Waals surface area contributed by atoms with E-state index in [0.29, 0.717) is 18.1 Å². The normalized spacial score (nSPS) is 11.2. The summed E-state index contributed by atoms with van der Waals surface area (Å²) in [6.07, 6.45) is 0. The number of phenols is 1. The number of aromatic amines is 1. The average molecular weight is 382 g/mol. The van der Waals surface area contributed by atoms with Gasteiger partial charge in [-0.3, -0.25) is 5.10 Å². The minimum Gasteiger partial charge on any atom is -0.508 e. The molecule has 3 aromatic carbocycles. The summed E-state index contributed by atoms with van der Waals surface area (Å²) in [5.41, 5.74) is 11.2. The van der Waals surface area contributed by atoms with E-state index < -0.39 is 0 Å². The van der Waals surface area contributed by atoms with E-state index in [1.54, 1.807) is 12.1 Å². The van der Waals surface area contributed by atoms with Gasteiger partial charge in [0, 0.05) is 16.5 Å². The number of nitrogens with one attached hydrogen (secondary N) is 1. The number of hydrogen-bond acceptors (Lipinski definition) is 5. The Labute approximate surface area is 166 Å². The molecule has 2 aromatic heterocycles. The van der Waals surface area contributed by atoms with Crippen molar-refractivity contribution in [2.45, 2.75) is 6.54 Å². The molecule has 142 valence electrons. The van der Waals surface area contributed by atoms with Crippen LogP contribution in [0.3, 0.4) is 0 Å².